The van der Waals surface area contributed by atoms with E-state index < -0.39 is 0 Å². The van der Waals surface area contributed by atoms with E-state index in [4.69, 9.17) is 19.5 Å². The van der Waals surface area contributed by atoms with Crippen LogP contribution < -0.4 is 10.6 Å². The van der Waals surface area contributed by atoms with E-state index in [9.17, 15) is 19.8 Å². The van der Waals surface area contributed by atoms with E-state index in [1.54, 1.807) is 0 Å². The minimum atomic E-state index is -0.268. The smallest absolute Gasteiger partial charge is 0.168 e. The molecule has 528 valence electrons. The summed E-state index contributed by atoms with van der Waals surface area (Å²) in [5.41, 5.74) is 3.07. The molecule has 0 aromatic heterocycles. The number of carbonyl (C=O) groups is 2. The van der Waals surface area contributed by atoms with E-state index >= 15 is 0 Å². The molecule has 0 saturated carbocycles. The highest BCUT2D eigenvalue weighted by atomic mass is 16.5. The molecule has 0 spiro atoms. The lowest BCUT2D eigenvalue weighted by Gasteiger charge is -2.30. The van der Waals surface area contributed by atoms with Crippen LogP contribution in [0.5, 0.6) is 0 Å². The number of hydrogen-bond acceptors (Lipinski definition) is 12. The molecule has 0 atom stereocenters. The zero-order chi connectivity index (χ0) is 68.0. The summed E-state index contributed by atoms with van der Waals surface area (Å²) in [5.74, 6) is 2.54. The first-order chi connectivity index (χ1) is 42.2. The van der Waals surface area contributed by atoms with Gasteiger partial charge in [-0.2, -0.15) is 0 Å². The Labute approximate surface area is 557 Å². The Morgan fingerprint density at radius 2 is 0.800 bits per heavy atom. The fourth-order valence-corrected chi connectivity index (χ4v) is 12.2. The number of hydrogen-bond donors (Lipinski definition) is 4. The lowest BCUT2D eigenvalue weighted by molar-refractivity contribution is -0.118. The maximum atomic E-state index is 13.7. The molecule has 0 radical (unpaired) electrons. The average Bonchev–Trinajstić information content (AvgIpc) is 0.974. The third kappa shape index (κ3) is 40.7. The number of nitrogens with one attached hydrogen (secondary N) is 2. The fourth-order valence-electron chi connectivity index (χ4n) is 12.2. The van der Waals surface area contributed by atoms with Crippen LogP contribution in [0.2, 0.25) is 0 Å². The molecule has 0 aliphatic heterocycles. The van der Waals surface area contributed by atoms with Gasteiger partial charge < -0.3 is 40.1 Å². The van der Waals surface area contributed by atoms with Crippen LogP contribution in [0.15, 0.2) is 32.6 Å². The van der Waals surface area contributed by atoms with Crippen LogP contribution in [0, 0.1) is 50.2 Å². The summed E-state index contributed by atoms with van der Waals surface area (Å²) in [6.07, 6.45) is 22.9. The van der Waals surface area contributed by atoms with Gasteiger partial charge in [-0.15, -0.1) is 0 Å². The van der Waals surface area contributed by atoms with Crippen molar-refractivity contribution in [2.24, 2.45) is 60.2 Å². The molecule has 0 saturated heterocycles. The van der Waals surface area contributed by atoms with Crippen LogP contribution in [0.25, 0.3) is 0 Å². The second-order valence-electron chi connectivity index (χ2n) is 33.4. The zero-order valence-electron chi connectivity index (χ0n) is 63.3. The van der Waals surface area contributed by atoms with Crippen molar-refractivity contribution in [3.05, 3.63) is 22.7 Å². The molecule has 0 heterocycles. The Hall–Kier alpha value is -2.48. The number of aliphatic hydroxyl groups is 2. The van der Waals surface area contributed by atoms with E-state index in [0.29, 0.717) is 79.5 Å². The quantitative estimate of drug-likeness (QED) is 0.0343. The van der Waals surface area contributed by atoms with E-state index in [1.165, 1.54) is 25.7 Å². The largest absolute Gasteiger partial charge is 0.511 e. The average molecular weight is 1270 g/mol. The van der Waals surface area contributed by atoms with Crippen LogP contribution in [-0.2, 0) is 19.1 Å². The summed E-state index contributed by atoms with van der Waals surface area (Å²) in [7, 11) is 0. The SMILES string of the molecule is CC.CCCN(CCN=C(CCCCCCCCC(=NCCN(CCNCCC(C)(C)CCOCCC(C)(C)CCC(C)C)CCC(C)C)C1=C(O)CC(C)(C)CC1=O)C1=C(O)CC(C)(C)CC1=O)CCNCCC(C)(C)CCOCCC(C)(C)CCC(C)C. The number of nitrogens with zero attached hydrogens (tertiary/aromatic N) is 4. The molecular weight excluding hydrogens is 1120 g/mol. The number of allylic oxidation sites excluding steroid dienone is 4. The Balaban J connectivity index is 0.0000200. The summed E-state index contributed by atoms with van der Waals surface area (Å²) in [4.78, 5) is 42.7. The molecule has 2 rings (SSSR count). The van der Waals surface area contributed by atoms with Crippen LogP contribution in [0.3, 0.4) is 0 Å². The maximum absolute atomic E-state index is 13.7. The Bertz CT molecular complexity index is 2080. The molecule has 2 aliphatic carbocycles. The number of ether oxygens (including phenoxy) is 2. The third-order valence-electron chi connectivity index (χ3n) is 19.0. The number of unbranched alkanes of at least 4 members (excludes halogenated alkanes) is 5. The van der Waals surface area contributed by atoms with Crippen molar-refractivity contribution < 1.29 is 29.3 Å². The molecule has 0 unspecified atom stereocenters. The molecule has 0 amide bonds. The fraction of sp³-hybridized carbons (Fsp3) is 0.897. The summed E-state index contributed by atoms with van der Waals surface area (Å²) in [6.45, 7) is 61.1. The van der Waals surface area contributed by atoms with Gasteiger partial charge in [0.05, 0.1) is 24.2 Å². The normalized spacial score (nSPS) is 16.5. The van der Waals surface area contributed by atoms with Gasteiger partial charge >= 0.3 is 0 Å². The molecule has 12 nitrogen and oxygen atoms in total. The van der Waals surface area contributed by atoms with Gasteiger partial charge in [-0.05, 0) is 166 Å². The van der Waals surface area contributed by atoms with Crippen molar-refractivity contribution in [2.75, 3.05) is 105 Å². The second kappa shape index (κ2) is 45.0. The van der Waals surface area contributed by atoms with Gasteiger partial charge in [0, 0.05) is 103 Å². The molecule has 0 bridgehead atoms. The third-order valence-corrected chi connectivity index (χ3v) is 19.0. The summed E-state index contributed by atoms with van der Waals surface area (Å²) in [5, 5.41) is 30.2. The molecule has 0 aromatic carbocycles. The molecule has 2 aliphatic rings. The highest BCUT2D eigenvalue weighted by Crippen LogP contribution is 2.39. The van der Waals surface area contributed by atoms with Crippen LogP contribution in [0.1, 0.15) is 299 Å². The highest BCUT2D eigenvalue weighted by Gasteiger charge is 2.36. The van der Waals surface area contributed by atoms with Crippen LogP contribution in [-0.4, -0.2) is 148 Å². The van der Waals surface area contributed by atoms with Gasteiger partial charge in [0.15, 0.2) is 11.6 Å². The molecule has 4 N–H and O–H groups in total. The monoisotopic (exact) mass is 1270 g/mol. The zero-order valence-corrected chi connectivity index (χ0v) is 63.3. The van der Waals surface area contributed by atoms with Gasteiger partial charge in [-0.3, -0.25) is 19.6 Å². The lowest BCUT2D eigenvalue weighted by atomic mass is 9.75. The number of aliphatic imine (C=N–C) groups is 2. The number of aliphatic hydroxyl groups excluding tert-OH is 2. The van der Waals surface area contributed by atoms with Crippen LogP contribution >= 0.6 is 0 Å². The van der Waals surface area contributed by atoms with E-state index in [2.05, 4.69) is 152 Å². The van der Waals surface area contributed by atoms with Crippen molar-refractivity contribution in [1.29, 1.82) is 0 Å². The van der Waals surface area contributed by atoms with Gasteiger partial charge in [-0.1, -0.05) is 184 Å². The Morgan fingerprint density at radius 1 is 0.467 bits per heavy atom. The van der Waals surface area contributed by atoms with E-state index in [-0.39, 0.29) is 44.7 Å². The predicted molar refractivity (Wildman–Crippen MR) is 389 cm³/mol. The summed E-state index contributed by atoms with van der Waals surface area (Å²) < 4.78 is 12.3. The van der Waals surface area contributed by atoms with Gasteiger partial charge in [0.1, 0.15) is 11.5 Å². The molecule has 90 heavy (non-hydrogen) atoms. The summed E-state index contributed by atoms with van der Waals surface area (Å²) in [6, 6.07) is 0. The van der Waals surface area contributed by atoms with Gasteiger partial charge in [0.25, 0.3) is 0 Å². The lowest BCUT2D eigenvalue weighted by Crippen LogP contribution is -2.36. The minimum absolute atomic E-state index is 0.0154. The van der Waals surface area contributed by atoms with Gasteiger partial charge in [-0.25, -0.2) is 0 Å². The van der Waals surface area contributed by atoms with Crippen molar-refractivity contribution in [1.82, 2.24) is 20.4 Å². The molecule has 12 heteroatoms. The predicted octanol–water partition coefficient (Wildman–Crippen LogP) is 19.0. The summed E-state index contributed by atoms with van der Waals surface area (Å²) >= 11 is 0. The Kier molecular flexibility index (Phi) is 42.8. The number of rotatable bonds is 52. The molecule has 0 aromatic rings. The first-order valence-electron chi connectivity index (χ1n) is 37.2. The van der Waals surface area contributed by atoms with E-state index in [1.807, 2.05) is 13.8 Å². The highest BCUT2D eigenvalue weighted by molar-refractivity contribution is 6.24. The number of carbonyl (C=O) groups excluding carboxylic acids is 2. The number of Topliss-reactive ketones (excluding diaryl/α,β-unsaturated/α-hetero) is 2. The Morgan fingerprint density at radius 3 is 1.13 bits per heavy atom. The standard InChI is InChI=1S/C76H144N6O6.C2H6/c1-20-46-81(48-42-77-40-34-73(12,13)38-54-87-52-36-71(8,9)32-29-60(2)3)50-44-79-63(69-65(83)56-75(16,17)57-66(69)84)27-25-23-21-22-24-26-28-64(70-67(85)58-76(18,19)59-68(70)86)80-45-51-82(47-31-62(6)7)49-43-78-41-35-74(14,15)39-55-88-53-37-72(10,11)33-30-61(4)5;1-2/h60-62,77-78,83,85H,20-59H2,1-19H3;1-2H3. The molecular formula is C78H150N6O6. The molecule has 0 fully saturated rings. The van der Waals surface area contributed by atoms with Crippen molar-refractivity contribution in [2.45, 2.75) is 299 Å². The van der Waals surface area contributed by atoms with Crippen LogP contribution in [0.4, 0.5) is 0 Å². The van der Waals surface area contributed by atoms with Crippen molar-refractivity contribution >= 4 is 23.0 Å². The topological polar surface area (TPSA) is 148 Å². The van der Waals surface area contributed by atoms with Crippen molar-refractivity contribution in [3.63, 3.8) is 0 Å². The first-order valence-corrected chi connectivity index (χ1v) is 37.2. The van der Waals surface area contributed by atoms with Crippen molar-refractivity contribution in [3.8, 4) is 0 Å². The first kappa shape index (κ1) is 85.5. The second-order valence-corrected chi connectivity index (χ2v) is 33.4. The minimum Gasteiger partial charge on any atom is -0.511 e. The van der Waals surface area contributed by atoms with E-state index in [0.717, 1.165) is 205 Å². The number of ketones is 2. The van der Waals surface area contributed by atoms with Gasteiger partial charge in [0.2, 0.25) is 0 Å². The maximum Gasteiger partial charge on any atom is 0.168 e.